The number of nitrogens with one attached hydrogen (secondary N) is 1. The Hall–Kier alpha value is -0.650. The lowest BCUT2D eigenvalue weighted by atomic mass is 9.95. The first kappa shape index (κ1) is 14.8. The minimum Gasteiger partial charge on any atom is -0.465 e. The van der Waals surface area contributed by atoms with Crippen LogP contribution in [0.2, 0.25) is 4.34 Å². The van der Waals surface area contributed by atoms with Gasteiger partial charge < -0.3 is 4.74 Å². The second-order valence-corrected chi connectivity index (χ2v) is 6.38. The summed E-state index contributed by atoms with van der Waals surface area (Å²) in [7, 11) is 0. The van der Waals surface area contributed by atoms with Gasteiger partial charge in [0.1, 0.15) is 9.34 Å². The van der Waals surface area contributed by atoms with Crippen LogP contribution in [0, 0.1) is 0 Å². The molecule has 0 aliphatic heterocycles. The van der Waals surface area contributed by atoms with Gasteiger partial charge in [-0.3, -0.25) is 5.32 Å². The molecule has 2 rings (SSSR count). The Kier molecular flexibility index (Phi) is 5.60. The number of hydrogen-bond acceptors (Lipinski definition) is 5. The summed E-state index contributed by atoms with van der Waals surface area (Å²) < 4.78 is 5.72. The topological polar surface area (TPSA) is 51.2 Å². The zero-order valence-electron chi connectivity index (χ0n) is 11.0. The largest absolute Gasteiger partial charge is 0.465 e. The molecule has 1 fully saturated rings. The van der Waals surface area contributed by atoms with E-state index in [4.69, 9.17) is 16.3 Å². The molecule has 0 amide bonds. The van der Waals surface area contributed by atoms with Gasteiger partial charge in [-0.25, -0.2) is 9.78 Å². The van der Waals surface area contributed by atoms with E-state index in [9.17, 15) is 4.79 Å². The smallest absolute Gasteiger partial charge is 0.330 e. The van der Waals surface area contributed by atoms with E-state index in [0.29, 0.717) is 22.0 Å². The first-order valence-corrected chi connectivity index (χ1v) is 7.94. The van der Waals surface area contributed by atoms with Crippen LogP contribution >= 0.6 is 22.9 Å². The van der Waals surface area contributed by atoms with Gasteiger partial charge in [-0.2, -0.15) is 0 Å². The maximum absolute atomic E-state index is 12.1. The Bertz CT molecular complexity index is 419. The number of aromatic nitrogens is 1. The highest BCUT2D eigenvalue weighted by Crippen LogP contribution is 2.27. The molecule has 1 aromatic heterocycles. The van der Waals surface area contributed by atoms with Crippen LogP contribution in [0.25, 0.3) is 0 Å². The van der Waals surface area contributed by atoms with Crippen molar-refractivity contribution in [2.24, 2.45) is 0 Å². The molecule has 4 nitrogen and oxygen atoms in total. The zero-order chi connectivity index (χ0) is 13.7. The van der Waals surface area contributed by atoms with Gasteiger partial charge in [0.2, 0.25) is 0 Å². The minimum atomic E-state index is -0.486. The van der Waals surface area contributed by atoms with E-state index in [0.717, 1.165) is 12.8 Å². The van der Waals surface area contributed by atoms with Gasteiger partial charge in [0.15, 0.2) is 6.04 Å². The number of esters is 1. The molecule has 1 aliphatic carbocycles. The van der Waals surface area contributed by atoms with Crippen molar-refractivity contribution in [2.45, 2.75) is 51.1 Å². The van der Waals surface area contributed by atoms with Gasteiger partial charge in [0.25, 0.3) is 0 Å². The summed E-state index contributed by atoms with van der Waals surface area (Å²) in [6.07, 6.45) is 7.50. The summed E-state index contributed by atoms with van der Waals surface area (Å²) >= 11 is 7.23. The van der Waals surface area contributed by atoms with Crippen molar-refractivity contribution in [1.29, 1.82) is 0 Å². The standard InChI is InChI=1S/C13H19ClN2O2S/c1-2-18-13(17)11(12-15-8-10(14)19-12)16-9-6-4-3-5-7-9/h8-9,11,16H,2-7H2,1H3. The quantitative estimate of drug-likeness (QED) is 0.848. The second-order valence-electron chi connectivity index (χ2n) is 4.69. The van der Waals surface area contributed by atoms with Crippen LogP contribution in [0.3, 0.4) is 0 Å². The molecule has 1 N–H and O–H groups in total. The maximum Gasteiger partial charge on any atom is 0.330 e. The van der Waals surface area contributed by atoms with Crippen molar-refractivity contribution >= 4 is 28.9 Å². The van der Waals surface area contributed by atoms with Crippen molar-refractivity contribution in [3.8, 4) is 0 Å². The van der Waals surface area contributed by atoms with Crippen molar-refractivity contribution in [1.82, 2.24) is 10.3 Å². The molecule has 0 radical (unpaired) electrons. The minimum absolute atomic E-state index is 0.265. The number of rotatable bonds is 5. The van der Waals surface area contributed by atoms with Crippen LogP contribution < -0.4 is 5.32 Å². The van der Waals surface area contributed by atoms with E-state index >= 15 is 0 Å². The normalized spacial score (nSPS) is 18.2. The molecule has 1 atom stereocenters. The van der Waals surface area contributed by atoms with Crippen LogP contribution in [0.4, 0.5) is 0 Å². The number of carbonyl (C=O) groups excluding carboxylic acids is 1. The highest BCUT2D eigenvalue weighted by Gasteiger charge is 2.28. The van der Waals surface area contributed by atoms with Crippen molar-refractivity contribution in [2.75, 3.05) is 6.61 Å². The van der Waals surface area contributed by atoms with Crippen LogP contribution in [-0.4, -0.2) is 23.6 Å². The fourth-order valence-electron chi connectivity index (χ4n) is 2.37. The third kappa shape index (κ3) is 4.16. The number of ether oxygens (including phenoxy) is 1. The van der Waals surface area contributed by atoms with Gasteiger partial charge in [0.05, 0.1) is 12.8 Å². The van der Waals surface area contributed by atoms with E-state index < -0.39 is 6.04 Å². The van der Waals surface area contributed by atoms with Gasteiger partial charge in [-0.05, 0) is 19.8 Å². The Balaban J connectivity index is 2.07. The number of hydrogen-bond donors (Lipinski definition) is 1. The van der Waals surface area contributed by atoms with Crippen molar-refractivity contribution < 1.29 is 9.53 Å². The van der Waals surface area contributed by atoms with E-state index in [1.54, 1.807) is 6.20 Å². The average molecular weight is 303 g/mol. The molecule has 1 saturated carbocycles. The lowest BCUT2D eigenvalue weighted by Gasteiger charge is -2.26. The zero-order valence-corrected chi connectivity index (χ0v) is 12.6. The van der Waals surface area contributed by atoms with E-state index in [1.807, 2.05) is 6.92 Å². The molecule has 19 heavy (non-hydrogen) atoms. The number of nitrogens with zero attached hydrogens (tertiary/aromatic N) is 1. The van der Waals surface area contributed by atoms with Crippen LogP contribution in [0.15, 0.2) is 6.20 Å². The summed E-state index contributed by atoms with van der Waals surface area (Å²) in [6.45, 7) is 2.19. The monoisotopic (exact) mass is 302 g/mol. The van der Waals surface area contributed by atoms with E-state index in [-0.39, 0.29) is 5.97 Å². The van der Waals surface area contributed by atoms with Gasteiger partial charge in [-0.15, -0.1) is 11.3 Å². The van der Waals surface area contributed by atoms with E-state index in [1.165, 1.54) is 30.6 Å². The Morgan fingerprint density at radius 3 is 2.89 bits per heavy atom. The average Bonchev–Trinajstić information content (AvgIpc) is 2.84. The number of carbonyl (C=O) groups is 1. The summed E-state index contributed by atoms with van der Waals surface area (Å²) in [6, 6.07) is -0.119. The fraction of sp³-hybridized carbons (Fsp3) is 0.692. The molecule has 0 aromatic carbocycles. The summed E-state index contributed by atoms with van der Waals surface area (Å²) in [5.74, 6) is -0.265. The van der Waals surface area contributed by atoms with E-state index in [2.05, 4.69) is 10.3 Å². The molecule has 0 bridgehead atoms. The molecule has 0 saturated heterocycles. The van der Waals surface area contributed by atoms with Crippen LogP contribution in [0.1, 0.15) is 50.1 Å². The predicted octanol–water partition coefficient (Wildman–Crippen LogP) is 3.32. The first-order chi connectivity index (χ1) is 9.20. The molecule has 1 aromatic rings. The van der Waals surface area contributed by atoms with Crippen LogP contribution in [-0.2, 0) is 9.53 Å². The van der Waals surface area contributed by atoms with Gasteiger partial charge in [-0.1, -0.05) is 30.9 Å². The third-order valence-corrected chi connectivity index (χ3v) is 4.45. The maximum atomic E-state index is 12.1. The predicted molar refractivity (Wildman–Crippen MR) is 76.5 cm³/mol. The Labute approximate surface area is 122 Å². The summed E-state index contributed by atoms with van der Waals surface area (Å²) in [4.78, 5) is 16.3. The molecule has 0 spiro atoms. The van der Waals surface area contributed by atoms with Crippen molar-refractivity contribution in [3.63, 3.8) is 0 Å². The van der Waals surface area contributed by atoms with Gasteiger partial charge >= 0.3 is 5.97 Å². The molecule has 1 unspecified atom stereocenters. The highest BCUT2D eigenvalue weighted by molar-refractivity contribution is 7.16. The lowest BCUT2D eigenvalue weighted by Crippen LogP contribution is -2.39. The number of thiazole rings is 1. The van der Waals surface area contributed by atoms with Crippen molar-refractivity contribution in [3.05, 3.63) is 15.5 Å². The molecule has 1 aliphatic rings. The van der Waals surface area contributed by atoms with Gasteiger partial charge in [0, 0.05) is 6.04 Å². The SMILES string of the molecule is CCOC(=O)C(NC1CCCCC1)c1ncc(Cl)s1. The molecule has 1 heterocycles. The third-order valence-electron chi connectivity index (χ3n) is 3.27. The second kappa shape index (κ2) is 7.22. The molecular weight excluding hydrogens is 284 g/mol. The summed E-state index contributed by atoms with van der Waals surface area (Å²) in [5.41, 5.74) is 0. The number of halogens is 1. The summed E-state index contributed by atoms with van der Waals surface area (Å²) in [5, 5.41) is 4.07. The highest BCUT2D eigenvalue weighted by atomic mass is 35.5. The van der Waals surface area contributed by atoms with Crippen LogP contribution in [0.5, 0.6) is 0 Å². The molecule has 6 heteroatoms. The molecular formula is C13H19ClN2O2S. The Morgan fingerprint density at radius 1 is 1.58 bits per heavy atom. The molecule has 106 valence electrons. The fourth-order valence-corrected chi connectivity index (χ4v) is 3.35. The lowest BCUT2D eigenvalue weighted by molar-refractivity contribution is -0.146. The first-order valence-electron chi connectivity index (χ1n) is 6.74. The Morgan fingerprint density at radius 2 is 2.32 bits per heavy atom.